The predicted octanol–water partition coefficient (Wildman–Crippen LogP) is 6.59. The highest BCUT2D eigenvalue weighted by Gasteiger charge is 2.45. The Kier molecular flexibility index (Phi) is 5.04. The Morgan fingerprint density at radius 1 is 0.724 bits per heavy atom. The van der Waals surface area contributed by atoms with Crippen molar-refractivity contribution in [2.75, 3.05) is 5.01 Å². The van der Waals surface area contributed by atoms with E-state index in [2.05, 4.69) is 5.10 Å². The molecule has 3 rings (SSSR count). The third-order valence-corrected chi connectivity index (χ3v) is 4.25. The first-order valence-corrected chi connectivity index (χ1v) is 8.05. The molecule has 29 heavy (non-hydrogen) atoms. The molecule has 0 spiro atoms. The van der Waals surface area contributed by atoms with E-state index in [1.807, 2.05) is 0 Å². The van der Waals surface area contributed by atoms with E-state index in [0.717, 1.165) is 5.01 Å². The lowest BCUT2D eigenvalue weighted by molar-refractivity contribution is -0.143. The maximum atomic E-state index is 13.2. The molecule has 1 aliphatic rings. The van der Waals surface area contributed by atoms with Crippen LogP contribution in [0, 0.1) is 0 Å². The van der Waals surface area contributed by atoms with Gasteiger partial charge in [0.2, 0.25) is 0 Å². The second-order valence-corrected chi connectivity index (χ2v) is 6.28. The fourth-order valence-electron chi connectivity index (χ4n) is 2.93. The van der Waals surface area contributed by atoms with Gasteiger partial charge in [0.1, 0.15) is 5.71 Å². The van der Waals surface area contributed by atoms with Crippen molar-refractivity contribution in [1.82, 2.24) is 0 Å². The first kappa shape index (κ1) is 21.0. The lowest BCUT2D eigenvalue weighted by Gasteiger charge is -2.25. The van der Waals surface area contributed by atoms with Crippen molar-refractivity contribution in [1.29, 1.82) is 0 Å². The molecule has 0 amide bonds. The number of rotatable bonds is 2. The van der Waals surface area contributed by atoms with Crippen LogP contribution in [0.1, 0.15) is 29.2 Å². The van der Waals surface area contributed by atoms with Crippen LogP contribution in [0.5, 0.6) is 0 Å². The van der Waals surface area contributed by atoms with Crippen molar-refractivity contribution in [3.8, 4) is 0 Å². The number of hydrazone groups is 1. The number of nitrogens with zero attached hydrogens (tertiary/aromatic N) is 2. The highest BCUT2D eigenvalue weighted by atomic mass is 19.4. The Hall–Kier alpha value is -2.72. The minimum absolute atomic E-state index is 0.0726. The van der Waals surface area contributed by atoms with E-state index in [0.29, 0.717) is 12.1 Å². The fourth-order valence-corrected chi connectivity index (χ4v) is 2.93. The van der Waals surface area contributed by atoms with Crippen LogP contribution in [0.25, 0.3) is 0 Å². The number of alkyl halides is 9. The topological polar surface area (TPSA) is 15.6 Å². The van der Waals surface area contributed by atoms with Crippen molar-refractivity contribution in [3.05, 3.63) is 65.2 Å². The summed E-state index contributed by atoms with van der Waals surface area (Å²) in [6, 6.07) is 6.46. The van der Waals surface area contributed by atoms with E-state index < -0.39 is 53.4 Å². The number of benzene rings is 2. The molecule has 0 saturated carbocycles. The zero-order valence-corrected chi connectivity index (χ0v) is 14.2. The van der Waals surface area contributed by atoms with Gasteiger partial charge < -0.3 is 0 Å². The molecule has 0 saturated heterocycles. The molecule has 1 aliphatic heterocycles. The molecule has 0 radical (unpaired) electrons. The van der Waals surface area contributed by atoms with Gasteiger partial charge in [-0.05, 0) is 35.9 Å². The van der Waals surface area contributed by atoms with Gasteiger partial charge in [0.05, 0.1) is 22.9 Å². The summed E-state index contributed by atoms with van der Waals surface area (Å²) in [5.74, 6) is 0. The number of para-hydroxylation sites is 1. The van der Waals surface area contributed by atoms with E-state index >= 15 is 0 Å². The molecule has 1 atom stereocenters. The van der Waals surface area contributed by atoms with Gasteiger partial charge in [-0.25, -0.2) is 0 Å². The van der Waals surface area contributed by atoms with Crippen molar-refractivity contribution in [2.45, 2.75) is 31.0 Å². The Bertz CT molecular complexity index is 879. The van der Waals surface area contributed by atoms with Crippen LogP contribution in [-0.2, 0) is 12.4 Å². The molecular formula is C18H11F9N2. The fraction of sp³-hybridized carbons (Fsp3) is 0.278. The van der Waals surface area contributed by atoms with E-state index in [9.17, 15) is 39.5 Å². The lowest BCUT2D eigenvalue weighted by Crippen LogP contribution is -2.22. The van der Waals surface area contributed by atoms with E-state index in [1.54, 1.807) is 6.07 Å². The first-order chi connectivity index (χ1) is 13.3. The molecule has 1 unspecified atom stereocenters. The van der Waals surface area contributed by atoms with E-state index in [-0.39, 0.29) is 11.8 Å². The maximum Gasteiger partial charge on any atom is 0.431 e. The molecule has 1 heterocycles. The lowest BCUT2D eigenvalue weighted by atomic mass is 9.96. The Morgan fingerprint density at radius 3 is 1.69 bits per heavy atom. The van der Waals surface area contributed by atoms with Gasteiger partial charge in [0.15, 0.2) is 0 Å². The van der Waals surface area contributed by atoms with Gasteiger partial charge in [0.25, 0.3) is 0 Å². The van der Waals surface area contributed by atoms with Crippen molar-refractivity contribution in [2.24, 2.45) is 5.10 Å². The van der Waals surface area contributed by atoms with Crippen molar-refractivity contribution in [3.63, 3.8) is 0 Å². The molecular weight excluding hydrogens is 415 g/mol. The SMILES string of the molecule is FC(F)(F)C1=NN(c2ccccc2)C(c2cc(C(F)(F)F)cc(C(F)(F)F)c2)C1. The summed E-state index contributed by atoms with van der Waals surface area (Å²) < 4.78 is 118. The highest BCUT2D eigenvalue weighted by molar-refractivity contribution is 5.93. The molecule has 0 bridgehead atoms. The van der Waals surface area contributed by atoms with Crippen LogP contribution in [0.2, 0.25) is 0 Å². The second kappa shape index (κ2) is 6.96. The highest BCUT2D eigenvalue weighted by Crippen LogP contribution is 2.43. The number of halogens is 9. The smallest absolute Gasteiger partial charge is 0.257 e. The molecule has 0 fully saturated rings. The zero-order chi connectivity index (χ0) is 21.6. The summed E-state index contributed by atoms with van der Waals surface area (Å²) in [6.07, 6.45) is -16.0. The minimum atomic E-state index is -5.11. The first-order valence-electron chi connectivity index (χ1n) is 8.05. The Labute approximate surface area is 158 Å². The largest absolute Gasteiger partial charge is 0.431 e. The third-order valence-electron chi connectivity index (χ3n) is 4.25. The van der Waals surface area contributed by atoms with E-state index in [1.165, 1.54) is 24.3 Å². The number of hydrogen-bond donors (Lipinski definition) is 0. The van der Waals surface area contributed by atoms with Crippen molar-refractivity contribution >= 4 is 11.4 Å². The van der Waals surface area contributed by atoms with Crippen LogP contribution in [0.15, 0.2) is 53.6 Å². The summed E-state index contributed by atoms with van der Waals surface area (Å²) in [5, 5.41) is 4.22. The average Bonchev–Trinajstić information content (AvgIpc) is 3.06. The van der Waals surface area contributed by atoms with Crippen molar-refractivity contribution < 1.29 is 39.5 Å². The van der Waals surface area contributed by atoms with Gasteiger partial charge >= 0.3 is 18.5 Å². The summed E-state index contributed by atoms with van der Waals surface area (Å²) in [6.45, 7) is 0. The monoisotopic (exact) mass is 426 g/mol. The third kappa shape index (κ3) is 4.48. The summed E-state index contributed by atoms with van der Waals surface area (Å²) in [4.78, 5) is 0. The standard InChI is InChI=1S/C18H11F9N2/c19-16(20,21)11-6-10(7-12(8-11)17(22,23)24)14-9-15(18(25,26)27)28-29(14)13-4-2-1-3-5-13/h1-8,14H,9H2. The number of hydrogen-bond acceptors (Lipinski definition) is 2. The molecule has 0 aliphatic carbocycles. The quantitative estimate of drug-likeness (QED) is 0.495. The van der Waals surface area contributed by atoms with E-state index in [4.69, 9.17) is 0 Å². The van der Waals surface area contributed by atoms with Crippen LogP contribution < -0.4 is 5.01 Å². The second-order valence-electron chi connectivity index (χ2n) is 6.28. The molecule has 11 heteroatoms. The maximum absolute atomic E-state index is 13.2. The summed E-state index contributed by atoms with van der Waals surface area (Å²) >= 11 is 0. The van der Waals surface area contributed by atoms with Crippen LogP contribution in [0.4, 0.5) is 45.2 Å². The van der Waals surface area contributed by atoms with Crippen LogP contribution in [-0.4, -0.2) is 11.9 Å². The van der Waals surface area contributed by atoms with Crippen LogP contribution in [0.3, 0.4) is 0 Å². The molecule has 2 aromatic rings. The average molecular weight is 426 g/mol. The molecule has 0 aromatic heterocycles. The van der Waals surface area contributed by atoms with Gasteiger partial charge in [0, 0.05) is 6.42 Å². The predicted molar refractivity (Wildman–Crippen MR) is 86.2 cm³/mol. The molecule has 156 valence electrons. The van der Waals surface area contributed by atoms with Gasteiger partial charge in [-0.2, -0.15) is 44.6 Å². The molecule has 0 N–H and O–H groups in total. The summed E-state index contributed by atoms with van der Waals surface area (Å²) in [7, 11) is 0. The number of anilines is 1. The van der Waals surface area contributed by atoms with Crippen LogP contribution >= 0.6 is 0 Å². The minimum Gasteiger partial charge on any atom is -0.257 e. The Balaban J connectivity index is 2.15. The normalized spacial score (nSPS) is 18.2. The summed E-state index contributed by atoms with van der Waals surface area (Å²) in [5.41, 5.74) is -4.97. The van der Waals surface area contributed by atoms with Gasteiger partial charge in [-0.15, -0.1) is 0 Å². The zero-order valence-electron chi connectivity index (χ0n) is 14.2. The Morgan fingerprint density at radius 2 is 1.24 bits per heavy atom. The molecule has 2 aromatic carbocycles. The molecule has 2 nitrogen and oxygen atoms in total. The van der Waals surface area contributed by atoms with Gasteiger partial charge in [-0.3, -0.25) is 5.01 Å². The van der Waals surface area contributed by atoms with Gasteiger partial charge in [-0.1, -0.05) is 18.2 Å².